The first-order valence-corrected chi connectivity index (χ1v) is 11.8. The molecule has 6 aromatic rings. The van der Waals surface area contributed by atoms with Crippen LogP contribution in [-0.2, 0) is 0 Å². The summed E-state index contributed by atoms with van der Waals surface area (Å²) in [5, 5.41) is 4.97. The maximum atomic E-state index is 14.0. The minimum absolute atomic E-state index is 0.0756. The third-order valence-electron chi connectivity index (χ3n) is 5.67. The molecule has 0 aliphatic heterocycles. The molecule has 0 fully saturated rings. The molecule has 3 heterocycles. The van der Waals surface area contributed by atoms with Gasteiger partial charge in [-0.05, 0) is 48.6 Å². The molecule has 6 rings (SSSR count). The Morgan fingerprint density at radius 3 is 1.79 bits per heavy atom. The minimum atomic E-state index is -0.467. The SMILES string of the molecule is O=c1c2c(=O)n(-c3ccccc3)c3c(sc(=S)n3-c3ccccc3)c2cnn1-c1ccccc1. The van der Waals surface area contributed by atoms with Crippen molar-refractivity contribution in [3.05, 3.63) is 122 Å². The van der Waals surface area contributed by atoms with Crippen molar-refractivity contribution >= 4 is 44.7 Å². The Bertz CT molecular complexity index is 1850. The molecule has 0 amide bonds. The summed E-state index contributed by atoms with van der Waals surface area (Å²) in [5.41, 5.74) is 1.82. The number of benzene rings is 3. The molecule has 0 spiro atoms. The van der Waals surface area contributed by atoms with Crippen LogP contribution in [0.1, 0.15) is 0 Å². The fourth-order valence-corrected chi connectivity index (χ4v) is 5.60. The number of para-hydroxylation sites is 3. The van der Waals surface area contributed by atoms with Gasteiger partial charge in [-0.3, -0.25) is 18.7 Å². The van der Waals surface area contributed by atoms with Crippen molar-refractivity contribution in [2.24, 2.45) is 0 Å². The lowest BCUT2D eigenvalue weighted by Crippen LogP contribution is -2.30. The van der Waals surface area contributed by atoms with E-state index < -0.39 is 11.1 Å². The Morgan fingerprint density at radius 1 is 0.676 bits per heavy atom. The van der Waals surface area contributed by atoms with E-state index >= 15 is 0 Å². The van der Waals surface area contributed by atoms with Gasteiger partial charge in [-0.2, -0.15) is 9.78 Å². The monoisotopic (exact) mass is 480 g/mol. The topological polar surface area (TPSA) is 61.8 Å². The molecule has 0 atom stereocenters. The highest BCUT2D eigenvalue weighted by atomic mass is 32.1. The van der Waals surface area contributed by atoms with E-state index in [1.165, 1.54) is 16.0 Å². The Kier molecular flexibility index (Phi) is 4.83. The van der Waals surface area contributed by atoms with Crippen molar-refractivity contribution in [1.29, 1.82) is 0 Å². The van der Waals surface area contributed by atoms with E-state index in [4.69, 9.17) is 12.2 Å². The van der Waals surface area contributed by atoms with Crippen LogP contribution in [0.2, 0.25) is 0 Å². The van der Waals surface area contributed by atoms with Gasteiger partial charge in [0.15, 0.2) is 3.95 Å². The molecule has 0 radical (unpaired) electrons. The van der Waals surface area contributed by atoms with Gasteiger partial charge in [0, 0.05) is 11.1 Å². The van der Waals surface area contributed by atoms with Crippen LogP contribution in [0.3, 0.4) is 0 Å². The standard InChI is InChI=1S/C26H16N4O2S2/c31-24-21-20(16-27-30(25(21)32)19-14-8-3-9-15-19)22-23(28(24)17-10-4-1-5-11-17)29(26(33)34-22)18-12-6-2-7-13-18/h1-16H. The van der Waals surface area contributed by atoms with E-state index in [1.54, 1.807) is 22.9 Å². The zero-order valence-electron chi connectivity index (χ0n) is 17.7. The lowest BCUT2D eigenvalue weighted by Gasteiger charge is -2.14. The summed E-state index contributed by atoms with van der Waals surface area (Å²) in [4.78, 5) is 27.6. The molecule has 0 N–H and O–H groups in total. The van der Waals surface area contributed by atoms with Crippen LogP contribution in [0, 0.1) is 3.95 Å². The predicted molar refractivity (Wildman–Crippen MR) is 138 cm³/mol. The fraction of sp³-hybridized carbons (Fsp3) is 0. The lowest BCUT2D eigenvalue weighted by atomic mass is 10.2. The number of fused-ring (bicyclic) bond motifs is 3. The zero-order chi connectivity index (χ0) is 23.2. The Hall–Kier alpha value is -4.14. The average Bonchev–Trinajstić information content (AvgIpc) is 3.22. The normalized spacial score (nSPS) is 11.3. The number of hydrogen-bond donors (Lipinski definition) is 0. The van der Waals surface area contributed by atoms with E-state index in [2.05, 4.69) is 5.10 Å². The zero-order valence-corrected chi connectivity index (χ0v) is 19.3. The van der Waals surface area contributed by atoms with Crippen LogP contribution >= 0.6 is 23.6 Å². The first kappa shape index (κ1) is 20.5. The van der Waals surface area contributed by atoms with Crippen LogP contribution in [0.25, 0.3) is 38.2 Å². The average molecular weight is 481 g/mol. The summed E-state index contributed by atoms with van der Waals surface area (Å²) < 4.78 is 6.03. The van der Waals surface area contributed by atoms with Crippen molar-refractivity contribution < 1.29 is 0 Å². The number of rotatable bonds is 3. The molecule has 6 nitrogen and oxygen atoms in total. The Morgan fingerprint density at radius 2 is 1.21 bits per heavy atom. The maximum absolute atomic E-state index is 14.0. The van der Waals surface area contributed by atoms with E-state index in [-0.39, 0.29) is 5.39 Å². The summed E-state index contributed by atoms with van der Waals surface area (Å²) in [7, 11) is 0. The molecule has 0 bridgehead atoms. The lowest BCUT2D eigenvalue weighted by molar-refractivity contribution is 0.818. The van der Waals surface area contributed by atoms with Gasteiger partial charge in [-0.15, -0.1) is 11.3 Å². The molecule has 3 aromatic carbocycles. The summed E-state index contributed by atoms with van der Waals surface area (Å²) in [5.74, 6) is 0. The highest BCUT2D eigenvalue weighted by Gasteiger charge is 2.22. The van der Waals surface area contributed by atoms with Crippen molar-refractivity contribution in [3.8, 4) is 17.1 Å². The first-order valence-electron chi connectivity index (χ1n) is 10.5. The third kappa shape index (κ3) is 3.07. The Labute approximate surface area is 202 Å². The highest BCUT2D eigenvalue weighted by molar-refractivity contribution is 7.73. The summed E-state index contributed by atoms with van der Waals surface area (Å²) in [6.45, 7) is 0. The second-order valence-corrected chi connectivity index (χ2v) is 9.30. The smallest absolute Gasteiger partial charge is 0.277 e. The predicted octanol–water partition coefficient (Wildman–Crippen LogP) is 5.27. The summed E-state index contributed by atoms with van der Waals surface area (Å²) >= 11 is 7.11. The molecule has 0 aliphatic carbocycles. The van der Waals surface area contributed by atoms with Gasteiger partial charge in [0.05, 0.1) is 22.3 Å². The van der Waals surface area contributed by atoms with Gasteiger partial charge >= 0.3 is 0 Å². The quantitative estimate of drug-likeness (QED) is 0.324. The van der Waals surface area contributed by atoms with Crippen molar-refractivity contribution in [3.63, 3.8) is 0 Å². The second-order valence-electron chi connectivity index (χ2n) is 7.65. The number of thiazole rings is 1. The van der Waals surface area contributed by atoms with Crippen LogP contribution < -0.4 is 11.1 Å². The largest absolute Gasteiger partial charge is 0.285 e. The number of hydrogen-bond acceptors (Lipinski definition) is 5. The van der Waals surface area contributed by atoms with E-state index in [0.29, 0.717) is 26.4 Å². The summed E-state index contributed by atoms with van der Waals surface area (Å²) in [6.07, 6.45) is 1.59. The molecular weight excluding hydrogens is 464 g/mol. The van der Waals surface area contributed by atoms with Gasteiger partial charge in [0.25, 0.3) is 11.1 Å². The number of pyridine rings is 1. The van der Waals surface area contributed by atoms with Gasteiger partial charge in [0.1, 0.15) is 11.0 Å². The van der Waals surface area contributed by atoms with Crippen LogP contribution in [-0.4, -0.2) is 18.9 Å². The molecular formula is C26H16N4O2S2. The van der Waals surface area contributed by atoms with Gasteiger partial charge in [-0.1, -0.05) is 54.6 Å². The van der Waals surface area contributed by atoms with Crippen LogP contribution in [0.4, 0.5) is 0 Å². The molecule has 0 saturated heterocycles. The molecule has 34 heavy (non-hydrogen) atoms. The molecule has 164 valence electrons. The molecule has 0 aliphatic rings. The van der Waals surface area contributed by atoms with Crippen molar-refractivity contribution in [2.45, 2.75) is 0 Å². The fourth-order valence-electron chi connectivity index (χ4n) is 4.16. The Balaban J connectivity index is 1.83. The van der Waals surface area contributed by atoms with Gasteiger partial charge < -0.3 is 0 Å². The van der Waals surface area contributed by atoms with Crippen LogP contribution in [0.15, 0.2) is 107 Å². The second kappa shape index (κ2) is 8.02. The van der Waals surface area contributed by atoms with E-state index in [0.717, 1.165) is 10.4 Å². The molecule has 0 unspecified atom stereocenters. The van der Waals surface area contributed by atoms with Crippen molar-refractivity contribution in [2.75, 3.05) is 0 Å². The maximum Gasteiger partial charge on any atom is 0.285 e. The minimum Gasteiger partial charge on any atom is -0.277 e. The first-order chi connectivity index (χ1) is 16.6. The van der Waals surface area contributed by atoms with Crippen LogP contribution in [0.5, 0.6) is 0 Å². The summed E-state index contributed by atoms with van der Waals surface area (Å²) in [6, 6.07) is 28.0. The number of aromatic nitrogens is 4. The van der Waals surface area contributed by atoms with Gasteiger partial charge in [-0.25, -0.2) is 0 Å². The van der Waals surface area contributed by atoms with Crippen molar-refractivity contribution in [1.82, 2.24) is 18.9 Å². The van der Waals surface area contributed by atoms with E-state index in [1.807, 2.05) is 83.4 Å². The molecule has 8 heteroatoms. The van der Waals surface area contributed by atoms with E-state index in [9.17, 15) is 9.59 Å². The third-order valence-corrected chi connectivity index (χ3v) is 7.06. The molecule has 0 saturated carbocycles. The number of nitrogens with zero attached hydrogens (tertiary/aromatic N) is 4. The highest BCUT2D eigenvalue weighted by Crippen LogP contribution is 2.32. The van der Waals surface area contributed by atoms with Gasteiger partial charge in [0.2, 0.25) is 0 Å². The molecule has 3 aromatic heterocycles.